The van der Waals surface area contributed by atoms with E-state index in [9.17, 15) is 0 Å². The van der Waals surface area contributed by atoms with Crippen LogP contribution in [0.15, 0.2) is 24.5 Å². The first-order valence-corrected chi connectivity index (χ1v) is 6.98. The van der Waals surface area contributed by atoms with Gasteiger partial charge in [0.15, 0.2) is 0 Å². The highest BCUT2D eigenvalue weighted by atomic mass is 15.1. The summed E-state index contributed by atoms with van der Waals surface area (Å²) in [5.41, 5.74) is 1.34. The Balaban J connectivity index is 2.30. The van der Waals surface area contributed by atoms with Gasteiger partial charge in [-0.2, -0.15) is 0 Å². The monoisotopic (exact) mass is 249 g/mol. The molecule has 3 nitrogen and oxygen atoms in total. The van der Waals surface area contributed by atoms with Crippen LogP contribution in [0.5, 0.6) is 0 Å². The first-order chi connectivity index (χ1) is 8.63. The van der Waals surface area contributed by atoms with Crippen LogP contribution >= 0.6 is 0 Å². The summed E-state index contributed by atoms with van der Waals surface area (Å²) in [6.07, 6.45) is 3.73. The number of rotatable bonds is 8. The zero-order valence-corrected chi connectivity index (χ0v) is 12.2. The Morgan fingerprint density at radius 1 is 1.22 bits per heavy atom. The third-order valence-corrected chi connectivity index (χ3v) is 3.50. The lowest BCUT2D eigenvalue weighted by Gasteiger charge is -2.23. The van der Waals surface area contributed by atoms with Crippen LogP contribution < -0.4 is 5.32 Å². The molecule has 0 aliphatic rings. The molecular weight excluding hydrogens is 222 g/mol. The summed E-state index contributed by atoms with van der Waals surface area (Å²) in [5, 5.41) is 3.58. The van der Waals surface area contributed by atoms with E-state index in [4.69, 9.17) is 0 Å². The second-order valence-electron chi connectivity index (χ2n) is 5.21. The quantitative estimate of drug-likeness (QED) is 0.767. The van der Waals surface area contributed by atoms with Crippen molar-refractivity contribution in [1.82, 2.24) is 15.2 Å². The summed E-state index contributed by atoms with van der Waals surface area (Å²) in [5.74, 6) is 0.695. The molecule has 0 spiro atoms. The van der Waals surface area contributed by atoms with E-state index in [1.54, 1.807) is 0 Å². The predicted octanol–water partition coefficient (Wildman–Crippen LogP) is 2.54. The second kappa shape index (κ2) is 8.22. The van der Waals surface area contributed by atoms with E-state index in [0.717, 1.165) is 26.2 Å². The minimum Gasteiger partial charge on any atom is -0.313 e. The average molecular weight is 249 g/mol. The van der Waals surface area contributed by atoms with E-state index >= 15 is 0 Å². The molecule has 3 heteroatoms. The number of nitrogens with one attached hydrogen (secondary N) is 1. The molecule has 1 atom stereocenters. The summed E-state index contributed by atoms with van der Waals surface area (Å²) in [6, 6.07) is 4.77. The number of nitrogens with zero attached hydrogens (tertiary/aromatic N) is 2. The maximum absolute atomic E-state index is 4.05. The Morgan fingerprint density at radius 2 is 1.89 bits per heavy atom. The van der Waals surface area contributed by atoms with Crippen LogP contribution in [0.25, 0.3) is 0 Å². The molecule has 0 fully saturated rings. The molecule has 0 amide bonds. The molecule has 0 aliphatic heterocycles. The molecule has 0 saturated heterocycles. The highest BCUT2D eigenvalue weighted by molar-refractivity contribution is 5.09. The summed E-state index contributed by atoms with van der Waals surface area (Å²) in [7, 11) is 0. The minimum absolute atomic E-state index is 0.588. The molecule has 18 heavy (non-hydrogen) atoms. The Bertz CT molecular complexity index is 311. The smallest absolute Gasteiger partial charge is 0.0271 e. The maximum Gasteiger partial charge on any atom is 0.0271 e. The number of pyridine rings is 1. The molecule has 1 unspecified atom stereocenters. The lowest BCUT2D eigenvalue weighted by molar-refractivity contribution is 0.269. The van der Waals surface area contributed by atoms with Gasteiger partial charge in [0.1, 0.15) is 0 Å². The molecule has 0 saturated carbocycles. The van der Waals surface area contributed by atoms with Crippen LogP contribution in [0.2, 0.25) is 0 Å². The van der Waals surface area contributed by atoms with Crippen LogP contribution in [0.4, 0.5) is 0 Å². The van der Waals surface area contributed by atoms with Crippen LogP contribution in [-0.4, -0.2) is 35.6 Å². The fourth-order valence-corrected chi connectivity index (χ4v) is 1.78. The predicted molar refractivity (Wildman–Crippen MR) is 77.5 cm³/mol. The van der Waals surface area contributed by atoms with Crippen LogP contribution in [0.3, 0.4) is 0 Å². The van der Waals surface area contributed by atoms with Gasteiger partial charge in [0.2, 0.25) is 0 Å². The first-order valence-electron chi connectivity index (χ1n) is 6.98. The lowest BCUT2D eigenvalue weighted by atomic mass is 10.1. The van der Waals surface area contributed by atoms with Gasteiger partial charge in [-0.3, -0.25) is 9.88 Å². The third-order valence-electron chi connectivity index (χ3n) is 3.50. The lowest BCUT2D eigenvalue weighted by Crippen LogP contribution is -2.37. The minimum atomic E-state index is 0.588. The van der Waals surface area contributed by atoms with E-state index in [1.807, 2.05) is 12.4 Å². The summed E-state index contributed by atoms with van der Waals surface area (Å²) >= 11 is 0. The van der Waals surface area contributed by atoms with Gasteiger partial charge in [0, 0.05) is 38.1 Å². The fraction of sp³-hybridized carbons (Fsp3) is 0.667. The molecule has 102 valence electrons. The highest BCUT2D eigenvalue weighted by Gasteiger charge is 2.07. The van der Waals surface area contributed by atoms with Crippen LogP contribution in [0, 0.1) is 5.92 Å². The SMILES string of the molecule is CCN(CCNC(C)C(C)C)Cc1ccncc1. The Kier molecular flexibility index (Phi) is 6.91. The van der Waals surface area contributed by atoms with Crippen molar-refractivity contribution in [2.75, 3.05) is 19.6 Å². The summed E-state index contributed by atoms with van der Waals surface area (Å²) in [4.78, 5) is 6.51. The van der Waals surface area contributed by atoms with Gasteiger partial charge in [-0.15, -0.1) is 0 Å². The Labute approximate surface area is 112 Å². The normalized spacial score (nSPS) is 13.2. The van der Waals surface area contributed by atoms with Gasteiger partial charge >= 0.3 is 0 Å². The van der Waals surface area contributed by atoms with Crippen molar-refractivity contribution in [2.24, 2.45) is 5.92 Å². The zero-order valence-electron chi connectivity index (χ0n) is 12.2. The van der Waals surface area contributed by atoms with E-state index in [0.29, 0.717) is 12.0 Å². The molecule has 1 aromatic heterocycles. The van der Waals surface area contributed by atoms with Crippen molar-refractivity contribution in [3.05, 3.63) is 30.1 Å². The number of aromatic nitrogens is 1. The largest absolute Gasteiger partial charge is 0.313 e. The zero-order chi connectivity index (χ0) is 13.4. The van der Waals surface area contributed by atoms with Crippen molar-refractivity contribution < 1.29 is 0 Å². The van der Waals surface area contributed by atoms with Gasteiger partial charge in [0.05, 0.1) is 0 Å². The van der Waals surface area contributed by atoms with E-state index in [-0.39, 0.29) is 0 Å². The topological polar surface area (TPSA) is 28.2 Å². The summed E-state index contributed by atoms with van der Waals surface area (Å²) < 4.78 is 0. The average Bonchev–Trinajstić information content (AvgIpc) is 2.38. The summed E-state index contributed by atoms with van der Waals surface area (Å²) in [6.45, 7) is 13.2. The highest BCUT2D eigenvalue weighted by Crippen LogP contribution is 2.03. The van der Waals surface area contributed by atoms with Gasteiger partial charge in [0.25, 0.3) is 0 Å². The first kappa shape index (κ1) is 15.1. The molecular formula is C15H27N3. The number of hydrogen-bond acceptors (Lipinski definition) is 3. The van der Waals surface area contributed by atoms with Crippen molar-refractivity contribution >= 4 is 0 Å². The van der Waals surface area contributed by atoms with E-state index in [2.05, 4.69) is 55.0 Å². The van der Waals surface area contributed by atoms with Crippen molar-refractivity contribution in [2.45, 2.75) is 40.3 Å². The van der Waals surface area contributed by atoms with Crippen LogP contribution in [-0.2, 0) is 6.54 Å². The number of hydrogen-bond donors (Lipinski definition) is 1. The van der Waals surface area contributed by atoms with Crippen molar-refractivity contribution in [3.63, 3.8) is 0 Å². The standard InChI is InChI=1S/C15H27N3/c1-5-18(11-10-17-14(4)13(2)3)12-15-6-8-16-9-7-15/h6-9,13-14,17H,5,10-12H2,1-4H3. The van der Waals surface area contributed by atoms with Crippen molar-refractivity contribution in [3.8, 4) is 0 Å². The molecule has 1 N–H and O–H groups in total. The van der Waals surface area contributed by atoms with Gasteiger partial charge in [-0.1, -0.05) is 20.8 Å². The van der Waals surface area contributed by atoms with Crippen LogP contribution in [0.1, 0.15) is 33.3 Å². The van der Waals surface area contributed by atoms with Gasteiger partial charge in [-0.25, -0.2) is 0 Å². The van der Waals surface area contributed by atoms with E-state index in [1.165, 1.54) is 5.56 Å². The molecule has 0 aliphatic carbocycles. The number of likely N-dealkylation sites (N-methyl/N-ethyl adjacent to an activating group) is 1. The third kappa shape index (κ3) is 5.61. The Hall–Kier alpha value is -0.930. The Morgan fingerprint density at radius 3 is 2.44 bits per heavy atom. The fourth-order valence-electron chi connectivity index (χ4n) is 1.78. The molecule has 0 aromatic carbocycles. The van der Waals surface area contributed by atoms with Crippen molar-refractivity contribution in [1.29, 1.82) is 0 Å². The molecule has 1 aromatic rings. The molecule has 0 bridgehead atoms. The molecule has 1 rings (SSSR count). The van der Waals surface area contributed by atoms with Gasteiger partial charge < -0.3 is 5.32 Å². The van der Waals surface area contributed by atoms with Gasteiger partial charge in [-0.05, 0) is 37.1 Å². The molecule has 1 heterocycles. The van der Waals surface area contributed by atoms with E-state index < -0.39 is 0 Å². The molecule has 0 radical (unpaired) electrons. The second-order valence-corrected chi connectivity index (χ2v) is 5.21. The maximum atomic E-state index is 4.05.